The zero-order valence-corrected chi connectivity index (χ0v) is 12.1. The van der Waals surface area contributed by atoms with Crippen molar-refractivity contribution in [3.05, 3.63) is 29.8 Å². The average Bonchev–Trinajstić information content (AvgIpc) is 2.33. The normalized spacial score (nSPS) is 17.8. The van der Waals surface area contributed by atoms with E-state index in [0.29, 0.717) is 6.54 Å². The fourth-order valence-corrected chi connectivity index (χ4v) is 2.81. The molecule has 112 valence electrons. The fourth-order valence-electron chi connectivity index (χ4n) is 2.27. The van der Waals surface area contributed by atoms with Crippen molar-refractivity contribution < 1.29 is 17.9 Å². The SMILES string of the molecule is COC1(CNCc2ccc(SC(F)(F)F)cc2)CCC1. The van der Waals surface area contributed by atoms with Gasteiger partial charge in [0.05, 0.1) is 5.60 Å². The molecule has 0 aromatic heterocycles. The van der Waals surface area contributed by atoms with Crippen LogP contribution in [0.25, 0.3) is 0 Å². The second-order valence-corrected chi connectivity index (χ2v) is 6.17. The molecule has 1 saturated carbocycles. The fraction of sp³-hybridized carbons (Fsp3) is 0.571. The van der Waals surface area contributed by atoms with Crippen LogP contribution in [0, 0.1) is 0 Å². The van der Waals surface area contributed by atoms with E-state index >= 15 is 0 Å². The van der Waals surface area contributed by atoms with E-state index in [0.717, 1.165) is 24.9 Å². The molecular weight excluding hydrogens is 287 g/mol. The van der Waals surface area contributed by atoms with Crippen LogP contribution in [0.15, 0.2) is 29.2 Å². The number of hydrogen-bond donors (Lipinski definition) is 1. The van der Waals surface area contributed by atoms with Crippen LogP contribution in [0.5, 0.6) is 0 Å². The van der Waals surface area contributed by atoms with Gasteiger partial charge in [0.2, 0.25) is 0 Å². The second-order valence-electron chi connectivity index (χ2n) is 5.04. The third-order valence-corrected chi connectivity index (χ3v) is 4.37. The Hall–Kier alpha value is -0.720. The molecule has 6 heteroatoms. The first-order valence-electron chi connectivity index (χ1n) is 6.53. The number of benzene rings is 1. The molecule has 2 nitrogen and oxygen atoms in total. The van der Waals surface area contributed by atoms with Gasteiger partial charge in [0.25, 0.3) is 0 Å². The van der Waals surface area contributed by atoms with Gasteiger partial charge in [-0.15, -0.1) is 0 Å². The molecule has 0 saturated heterocycles. The zero-order valence-electron chi connectivity index (χ0n) is 11.3. The van der Waals surface area contributed by atoms with Gasteiger partial charge in [0.15, 0.2) is 0 Å². The highest BCUT2D eigenvalue weighted by atomic mass is 32.2. The third-order valence-electron chi connectivity index (χ3n) is 3.63. The molecule has 0 spiro atoms. The predicted octanol–water partition coefficient (Wildman–Crippen LogP) is 3.96. The summed E-state index contributed by atoms with van der Waals surface area (Å²) in [6.07, 6.45) is 3.33. The van der Waals surface area contributed by atoms with Crippen LogP contribution in [-0.4, -0.2) is 24.8 Å². The van der Waals surface area contributed by atoms with E-state index in [1.807, 2.05) is 0 Å². The molecule has 20 heavy (non-hydrogen) atoms. The van der Waals surface area contributed by atoms with Crippen LogP contribution in [0.4, 0.5) is 13.2 Å². The van der Waals surface area contributed by atoms with E-state index < -0.39 is 5.51 Å². The van der Waals surface area contributed by atoms with Crippen molar-refractivity contribution in [2.24, 2.45) is 0 Å². The molecule has 1 N–H and O–H groups in total. The van der Waals surface area contributed by atoms with Crippen LogP contribution in [0.2, 0.25) is 0 Å². The Balaban J connectivity index is 1.79. The van der Waals surface area contributed by atoms with Gasteiger partial charge < -0.3 is 10.1 Å². The lowest BCUT2D eigenvalue weighted by Gasteiger charge is -2.40. The minimum Gasteiger partial charge on any atom is -0.377 e. The molecule has 1 fully saturated rings. The van der Waals surface area contributed by atoms with Gasteiger partial charge in [0, 0.05) is 25.1 Å². The van der Waals surface area contributed by atoms with Crippen LogP contribution in [0.3, 0.4) is 0 Å². The lowest BCUT2D eigenvalue weighted by atomic mass is 9.80. The van der Waals surface area contributed by atoms with Gasteiger partial charge in [0.1, 0.15) is 0 Å². The summed E-state index contributed by atoms with van der Waals surface area (Å²) in [4.78, 5) is 0.216. The van der Waals surface area contributed by atoms with Crippen molar-refractivity contribution in [2.75, 3.05) is 13.7 Å². The first-order chi connectivity index (χ1) is 9.42. The Morgan fingerprint density at radius 2 is 1.90 bits per heavy atom. The molecule has 1 aliphatic carbocycles. The number of ether oxygens (including phenoxy) is 1. The van der Waals surface area contributed by atoms with Crippen LogP contribution >= 0.6 is 11.8 Å². The minimum atomic E-state index is -4.23. The third kappa shape index (κ3) is 4.40. The summed E-state index contributed by atoms with van der Waals surface area (Å²) >= 11 is -0.0865. The lowest BCUT2D eigenvalue weighted by Crippen LogP contribution is -2.47. The maximum Gasteiger partial charge on any atom is 0.446 e. The second kappa shape index (κ2) is 6.37. The summed E-state index contributed by atoms with van der Waals surface area (Å²) in [6.45, 7) is 1.42. The predicted molar refractivity (Wildman–Crippen MR) is 73.7 cm³/mol. The highest BCUT2D eigenvalue weighted by molar-refractivity contribution is 8.00. The highest BCUT2D eigenvalue weighted by Gasteiger charge is 2.36. The Morgan fingerprint density at radius 3 is 2.35 bits per heavy atom. The number of rotatable bonds is 6. The molecule has 0 atom stereocenters. The van der Waals surface area contributed by atoms with Crippen LogP contribution in [0.1, 0.15) is 24.8 Å². The molecule has 0 amide bonds. The monoisotopic (exact) mass is 305 g/mol. The van der Waals surface area contributed by atoms with Crippen molar-refractivity contribution in [1.82, 2.24) is 5.32 Å². The Kier molecular flexibility index (Phi) is 4.99. The van der Waals surface area contributed by atoms with Crippen molar-refractivity contribution in [1.29, 1.82) is 0 Å². The molecular formula is C14H18F3NOS. The number of alkyl halides is 3. The van der Waals surface area contributed by atoms with Crippen molar-refractivity contribution in [3.63, 3.8) is 0 Å². The summed E-state index contributed by atoms with van der Waals surface area (Å²) in [5.41, 5.74) is -3.29. The zero-order chi connectivity index (χ0) is 14.6. The molecule has 1 aromatic rings. The number of hydrogen-bond acceptors (Lipinski definition) is 3. The van der Waals surface area contributed by atoms with Crippen molar-refractivity contribution >= 4 is 11.8 Å². The number of halogens is 3. The highest BCUT2D eigenvalue weighted by Crippen LogP contribution is 2.37. The Morgan fingerprint density at radius 1 is 1.25 bits per heavy atom. The maximum atomic E-state index is 12.2. The van der Waals surface area contributed by atoms with E-state index in [2.05, 4.69) is 5.32 Å². The summed E-state index contributed by atoms with van der Waals surface area (Å²) in [5, 5.41) is 3.31. The first-order valence-corrected chi connectivity index (χ1v) is 7.35. The van der Waals surface area contributed by atoms with Gasteiger partial charge in [-0.25, -0.2) is 0 Å². The standard InChI is InChI=1S/C14H18F3NOS/c1-19-13(7-2-8-13)10-18-9-11-3-5-12(6-4-11)20-14(15,16)17/h3-6,18H,2,7-10H2,1H3. The van der Waals surface area contributed by atoms with Crippen LogP contribution < -0.4 is 5.32 Å². The molecule has 1 aromatic carbocycles. The first kappa shape index (κ1) is 15.7. The molecule has 1 aliphatic rings. The van der Waals surface area contributed by atoms with Gasteiger partial charge in [-0.05, 0) is 48.7 Å². The minimum absolute atomic E-state index is 0.0356. The molecule has 2 rings (SSSR count). The number of thioether (sulfide) groups is 1. The van der Waals surface area contributed by atoms with E-state index in [1.54, 1.807) is 19.2 Å². The molecule has 0 radical (unpaired) electrons. The van der Waals surface area contributed by atoms with Gasteiger partial charge in [-0.2, -0.15) is 13.2 Å². The molecule has 0 aliphatic heterocycles. The van der Waals surface area contributed by atoms with Crippen LogP contribution in [-0.2, 0) is 11.3 Å². The van der Waals surface area contributed by atoms with Crippen molar-refractivity contribution in [3.8, 4) is 0 Å². The topological polar surface area (TPSA) is 21.3 Å². The maximum absolute atomic E-state index is 12.2. The van der Waals surface area contributed by atoms with E-state index in [9.17, 15) is 13.2 Å². The molecule has 0 heterocycles. The van der Waals surface area contributed by atoms with Gasteiger partial charge >= 0.3 is 5.51 Å². The smallest absolute Gasteiger partial charge is 0.377 e. The summed E-state index contributed by atoms with van der Waals surface area (Å²) in [5.74, 6) is 0. The number of nitrogens with one attached hydrogen (secondary N) is 1. The van der Waals surface area contributed by atoms with Crippen molar-refractivity contribution in [2.45, 2.75) is 41.8 Å². The summed E-state index contributed by atoms with van der Waals surface area (Å²) in [6, 6.07) is 6.46. The van der Waals surface area contributed by atoms with E-state index in [-0.39, 0.29) is 22.3 Å². The Labute approximate surface area is 121 Å². The average molecular weight is 305 g/mol. The largest absolute Gasteiger partial charge is 0.446 e. The molecule has 0 unspecified atom stereocenters. The summed E-state index contributed by atoms with van der Waals surface area (Å²) < 4.78 is 42.1. The summed E-state index contributed by atoms with van der Waals surface area (Å²) in [7, 11) is 1.73. The Bertz CT molecular complexity index is 424. The van der Waals surface area contributed by atoms with E-state index in [1.165, 1.54) is 18.6 Å². The van der Waals surface area contributed by atoms with Gasteiger partial charge in [-0.1, -0.05) is 12.1 Å². The van der Waals surface area contributed by atoms with Gasteiger partial charge in [-0.3, -0.25) is 0 Å². The number of methoxy groups -OCH3 is 1. The molecule has 0 bridgehead atoms. The quantitative estimate of drug-likeness (QED) is 0.804. The van der Waals surface area contributed by atoms with E-state index in [4.69, 9.17) is 4.74 Å². The lowest BCUT2D eigenvalue weighted by molar-refractivity contribution is -0.0695.